The van der Waals surface area contributed by atoms with Gasteiger partial charge in [-0.2, -0.15) is 0 Å². The van der Waals surface area contributed by atoms with Crippen molar-refractivity contribution in [3.63, 3.8) is 0 Å². The van der Waals surface area contributed by atoms with Crippen molar-refractivity contribution in [2.45, 2.75) is 0 Å². The number of hydrogen-bond donors (Lipinski definition) is 4. The zero-order valence-corrected chi connectivity index (χ0v) is 11.4. The number of carboxylic acid groups (broad SMARTS) is 1. The van der Waals surface area contributed by atoms with Crippen LogP contribution in [0.1, 0.15) is 15.2 Å². The number of aromatic carboxylic acids is 1. The van der Waals surface area contributed by atoms with Crippen molar-refractivity contribution in [3.8, 4) is 11.5 Å². The molecule has 0 saturated heterocycles. The van der Waals surface area contributed by atoms with Crippen LogP contribution in [-0.2, 0) is 4.79 Å². The lowest BCUT2D eigenvalue weighted by Crippen LogP contribution is -2.09. The van der Waals surface area contributed by atoms with Crippen LogP contribution in [0.25, 0.3) is 6.08 Å². The highest BCUT2D eigenvalue weighted by molar-refractivity contribution is 7.12. The van der Waals surface area contributed by atoms with Crippen molar-refractivity contribution in [2.75, 3.05) is 5.32 Å². The molecule has 0 fully saturated rings. The van der Waals surface area contributed by atoms with Crippen LogP contribution in [-0.4, -0.2) is 27.2 Å². The van der Waals surface area contributed by atoms with Gasteiger partial charge in [0.25, 0.3) is 0 Å². The number of aromatic hydroxyl groups is 2. The molecule has 0 saturated carbocycles. The lowest BCUT2D eigenvalue weighted by Gasteiger charge is -2.01. The lowest BCUT2D eigenvalue weighted by molar-refractivity contribution is -0.111. The maximum absolute atomic E-state index is 11.7. The number of carbonyl (C=O) groups excluding carboxylic acids is 1. The highest BCUT2D eigenvalue weighted by atomic mass is 32.1. The van der Waals surface area contributed by atoms with E-state index in [0.29, 0.717) is 5.56 Å². The van der Waals surface area contributed by atoms with Crippen LogP contribution in [0, 0.1) is 0 Å². The summed E-state index contributed by atoms with van der Waals surface area (Å²) in [5, 5.41) is 31.4. The Kier molecular flexibility index (Phi) is 4.24. The van der Waals surface area contributed by atoms with Gasteiger partial charge in [0.2, 0.25) is 5.91 Å². The summed E-state index contributed by atoms with van der Waals surface area (Å²) in [5.74, 6) is -2.14. The normalized spacial score (nSPS) is 10.7. The lowest BCUT2D eigenvalue weighted by atomic mass is 10.2. The van der Waals surface area contributed by atoms with Crippen LogP contribution >= 0.6 is 11.3 Å². The van der Waals surface area contributed by atoms with E-state index in [-0.39, 0.29) is 22.1 Å². The fraction of sp³-hybridized carbons (Fsp3) is 0. The number of carbonyl (C=O) groups is 2. The van der Waals surface area contributed by atoms with Crippen LogP contribution in [0.4, 0.5) is 5.69 Å². The Hall–Kier alpha value is -2.80. The molecule has 1 heterocycles. The van der Waals surface area contributed by atoms with Gasteiger partial charge in [-0.15, -0.1) is 11.3 Å². The van der Waals surface area contributed by atoms with E-state index in [1.54, 1.807) is 5.38 Å². The first-order chi connectivity index (χ1) is 9.97. The number of benzene rings is 1. The second-order valence-electron chi connectivity index (χ2n) is 4.04. The Morgan fingerprint density at radius 2 is 1.90 bits per heavy atom. The highest BCUT2D eigenvalue weighted by Crippen LogP contribution is 2.25. The van der Waals surface area contributed by atoms with Gasteiger partial charge in [0, 0.05) is 6.08 Å². The Bertz CT molecular complexity index is 720. The van der Waals surface area contributed by atoms with Gasteiger partial charge in [-0.1, -0.05) is 6.07 Å². The first-order valence-electron chi connectivity index (χ1n) is 5.79. The zero-order chi connectivity index (χ0) is 15.4. The smallest absolute Gasteiger partial charge is 0.348 e. The largest absolute Gasteiger partial charge is 0.504 e. The van der Waals surface area contributed by atoms with Gasteiger partial charge in [0.15, 0.2) is 11.5 Å². The number of amides is 1. The molecule has 0 aliphatic heterocycles. The summed E-state index contributed by atoms with van der Waals surface area (Å²) in [7, 11) is 0. The second-order valence-corrected chi connectivity index (χ2v) is 4.96. The van der Waals surface area contributed by atoms with Crippen molar-refractivity contribution in [1.29, 1.82) is 0 Å². The summed E-state index contributed by atoms with van der Waals surface area (Å²) in [4.78, 5) is 22.7. The molecule has 1 aromatic heterocycles. The van der Waals surface area contributed by atoms with Crippen LogP contribution in [0.3, 0.4) is 0 Å². The molecule has 4 N–H and O–H groups in total. The first-order valence-corrected chi connectivity index (χ1v) is 6.67. The minimum Gasteiger partial charge on any atom is -0.504 e. The van der Waals surface area contributed by atoms with Gasteiger partial charge < -0.3 is 20.6 Å². The van der Waals surface area contributed by atoms with E-state index >= 15 is 0 Å². The molecular weight excluding hydrogens is 294 g/mol. The molecule has 108 valence electrons. The van der Waals surface area contributed by atoms with Crippen LogP contribution in [0.5, 0.6) is 11.5 Å². The van der Waals surface area contributed by atoms with E-state index in [4.69, 9.17) is 10.2 Å². The van der Waals surface area contributed by atoms with Crippen LogP contribution in [0.2, 0.25) is 0 Å². The Morgan fingerprint density at radius 3 is 2.57 bits per heavy atom. The van der Waals surface area contributed by atoms with E-state index < -0.39 is 11.9 Å². The van der Waals surface area contributed by atoms with Gasteiger partial charge in [-0.3, -0.25) is 4.79 Å². The minimum atomic E-state index is -1.10. The summed E-state index contributed by atoms with van der Waals surface area (Å²) < 4.78 is 0. The summed E-state index contributed by atoms with van der Waals surface area (Å²) in [6, 6.07) is 5.62. The molecule has 7 heteroatoms. The first kappa shape index (κ1) is 14.6. The van der Waals surface area contributed by atoms with Crippen molar-refractivity contribution in [1.82, 2.24) is 0 Å². The number of rotatable bonds is 4. The van der Waals surface area contributed by atoms with E-state index in [0.717, 1.165) is 11.3 Å². The van der Waals surface area contributed by atoms with E-state index in [9.17, 15) is 14.7 Å². The average molecular weight is 305 g/mol. The van der Waals surface area contributed by atoms with Crippen molar-refractivity contribution in [2.24, 2.45) is 0 Å². The summed E-state index contributed by atoms with van der Waals surface area (Å²) >= 11 is 1.02. The number of nitrogens with one attached hydrogen (secondary N) is 1. The van der Waals surface area contributed by atoms with E-state index in [2.05, 4.69) is 5.32 Å². The van der Waals surface area contributed by atoms with Gasteiger partial charge in [-0.05, 0) is 35.2 Å². The average Bonchev–Trinajstić information content (AvgIpc) is 2.88. The maximum Gasteiger partial charge on any atom is 0.348 e. The molecule has 0 aliphatic carbocycles. The standard InChI is InChI=1S/C14H11NO5S/c16-10-3-1-8(7-11(10)17)2-4-12(18)15-9-5-6-21-13(9)14(19)20/h1-7,16-17H,(H,15,18)(H,19,20)/b4-2+. The predicted molar refractivity (Wildman–Crippen MR) is 78.7 cm³/mol. The van der Waals surface area contributed by atoms with E-state index in [1.165, 1.54) is 36.4 Å². The summed E-state index contributed by atoms with van der Waals surface area (Å²) in [6.45, 7) is 0. The molecule has 2 aromatic rings. The quantitative estimate of drug-likeness (QED) is 0.513. The molecule has 0 bridgehead atoms. The molecular formula is C14H11NO5S. The molecule has 0 unspecified atom stereocenters. The number of anilines is 1. The highest BCUT2D eigenvalue weighted by Gasteiger charge is 2.12. The van der Waals surface area contributed by atoms with Crippen molar-refractivity contribution < 1.29 is 24.9 Å². The van der Waals surface area contributed by atoms with Crippen molar-refractivity contribution in [3.05, 3.63) is 46.2 Å². The molecule has 21 heavy (non-hydrogen) atoms. The predicted octanol–water partition coefficient (Wildman–Crippen LogP) is 2.51. The molecule has 2 rings (SSSR count). The fourth-order valence-electron chi connectivity index (χ4n) is 1.56. The Labute approximate surface area is 123 Å². The number of thiophene rings is 1. The third-order valence-corrected chi connectivity index (χ3v) is 3.45. The third kappa shape index (κ3) is 3.61. The van der Waals surface area contributed by atoms with Crippen molar-refractivity contribution >= 4 is 35.0 Å². The Balaban J connectivity index is 2.07. The molecule has 1 amide bonds. The molecule has 0 spiro atoms. The third-order valence-electron chi connectivity index (χ3n) is 2.54. The summed E-state index contributed by atoms with van der Waals surface area (Å²) in [5.41, 5.74) is 0.750. The molecule has 1 aromatic carbocycles. The monoisotopic (exact) mass is 305 g/mol. The molecule has 0 atom stereocenters. The number of hydrogen-bond acceptors (Lipinski definition) is 5. The number of phenols is 2. The van der Waals surface area contributed by atoms with Crippen LogP contribution in [0.15, 0.2) is 35.7 Å². The van der Waals surface area contributed by atoms with Gasteiger partial charge in [-0.25, -0.2) is 4.79 Å². The maximum atomic E-state index is 11.7. The SMILES string of the molecule is O=C(/C=C/c1ccc(O)c(O)c1)Nc1ccsc1C(=O)O. The summed E-state index contributed by atoms with van der Waals surface area (Å²) in [6.07, 6.45) is 2.64. The van der Waals surface area contributed by atoms with Gasteiger partial charge in [0.05, 0.1) is 5.69 Å². The second kappa shape index (κ2) is 6.10. The van der Waals surface area contributed by atoms with Crippen LogP contribution < -0.4 is 5.32 Å². The molecule has 0 radical (unpaired) electrons. The zero-order valence-electron chi connectivity index (χ0n) is 10.6. The molecule has 0 aliphatic rings. The number of carboxylic acids is 1. The van der Waals surface area contributed by atoms with E-state index in [1.807, 2.05) is 0 Å². The minimum absolute atomic E-state index is 0.0547. The number of phenolic OH excluding ortho intramolecular Hbond substituents is 2. The fourth-order valence-corrected chi connectivity index (χ4v) is 2.25. The van der Waals surface area contributed by atoms with Gasteiger partial charge >= 0.3 is 5.97 Å². The van der Waals surface area contributed by atoms with Gasteiger partial charge in [0.1, 0.15) is 4.88 Å². The molecule has 6 nitrogen and oxygen atoms in total. The Morgan fingerprint density at radius 1 is 1.14 bits per heavy atom. The topological polar surface area (TPSA) is 107 Å².